The number of anilines is 1. The van der Waals surface area contributed by atoms with Gasteiger partial charge in [-0.3, -0.25) is 9.36 Å². The lowest BCUT2D eigenvalue weighted by Gasteiger charge is -2.28. The van der Waals surface area contributed by atoms with E-state index in [4.69, 9.17) is 14.5 Å². The van der Waals surface area contributed by atoms with Crippen molar-refractivity contribution in [3.63, 3.8) is 0 Å². The summed E-state index contributed by atoms with van der Waals surface area (Å²) in [5.41, 5.74) is 3.79. The minimum Gasteiger partial charge on any atom is -0.497 e. The van der Waals surface area contributed by atoms with Gasteiger partial charge in [-0.1, -0.05) is 48.9 Å². The van der Waals surface area contributed by atoms with E-state index in [1.165, 1.54) is 11.8 Å². The molecule has 5 rings (SSSR count). The molecule has 0 atom stereocenters. The van der Waals surface area contributed by atoms with Crippen LogP contribution in [0.4, 0.5) is 5.69 Å². The van der Waals surface area contributed by atoms with Crippen LogP contribution in [0.3, 0.4) is 0 Å². The lowest BCUT2D eigenvalue weighted by molar-refractivity contribution is 0.414. The minimum atomic E-state index is -0.00499. The molecule has 37 heavy (non-hydrogen) atoms. The highest BCUT2D eigenvalue weighted by atomic mass is 32.2. The average molecular weight is 517 g/mol. The van der Waals surface area contributed by atoms with E-state index >= 15 is 0 Å². The third-order valence-corrected chi connectivity index (χ3v) is 7.59. The molecule has 0 saturated heterocycles. The van der Waals surface area contributed by atoms with Crippen LogP contribution in [0.1, 0.15) is 42.9 Å². The zero-order chi connectivity index (χ0) is 25.8. The first-order valence-corrected chi connectivity index (χ1v) is 13.8. The maximum atomic E-state index is 13.7. The summed E-state index contributed by atoms with van der Waals surface area (Å²) in [6.07, 6.45) is 8.14. The van der Waals surface area contributed by atoms with Gasteiger partial charge in [0.25, 0.3) is 5.56 Å². The molecule has 0 unspecified atom stereocenters. The van der Waals surface area contributed by atoms with Gasteiger partial charge >= 0.3 is 0 Å². The molecule has 0 amide bonds. The summed E-state index contributed by atoms with van der Waals surface area (Å²) >= 11 is 1.49. The molecule has 2 heterocycles. The lowest BCUT2D eigenvalue weighted by atomic mass is 10.1. The van der Waals surface area contributed by atoms with Crippen molar-refractivity contribution in [1.82, 2.24) is 14.5 Å². The van der Waals surface area contributed by atoms with Gasteiger partial charge in [0.1, 0.15) is 17.1 Å². The number of nitrogens with zero attached hydrogens (tertiary/aromatic N) is 4. The van der Waals surface area contributed by atoms with Crippen molar-refractivity contribution in [2.45, 2.75) is 50.0 Å². The van der Waals surface area contributed by atoms with E-state index in [1.807, 2.05) is 41.3 Å². The standard InChI is InChI=1S/C29H32N4O3S/c1-35-23-12-8-20(9-13-23)18-32(19-21-10-14-24(36-2)15-11-21)26-16-27(34)33(22-6-4-5-7-22)28-25(26)17-30-29(31-28)37-3/h8-17,22H,4-7,18-19H2,1-3H3. The molecule has 192 valence electrons. The van der Waals surface area contributed by atoms with Crippen LogP contribution in [-0.2, 0) is 13.1 Å². The predicted molar refractivity (Wildman–Crippen MR) is 149 cm³/mol. The van der Waals surface area contributed by atoms with Crippen molar-refractivity contribution >= 4 is 28.5 Å². The van der Waals surface area contributed by atoms with Crippen molar-refractivity contribution in [3.8, 4) is 11.5 Å². The van der Waals surface area contributed by atoms with Gasteiger partial charge in [-0.2, -0.15) is 0 Å². The molecule has 8 heteroatoms. The lowest BCUT2D eigenvalue weighted by Crippen LogP contribution is -2.29. The fourth-order valence-corrected chi connectivity index (χ4v) is 5.43. The van der Waals surface area contributed by atoms with Crippen LogP contribution in [0.5, 0.6) is 11.5 Å². The first-order chi connectivity index (χ1) is 18.1. The molecule has 4 aromatic rings. The van der Waals surface area contributed by atoms with Crippen molar-refractivity contribution < 1.29 is 9.47 Å². The highest BCUT2D eigenvalue weighted by molar-refractivity contribution is 7.98. The average Bonchev–Trinajstić information content (AvgIpc) is 3.47. The molecule has 1 fully saturated rings. The third kappa shape index (κ3) is 5.44. The number of hydrogen-bond acceptors (Lipinski definition) is 7. The van der Waals surface area contributed by atoms with Gasteiger partial charge < -0.3 is 14.4 Å². The number of ether oxygens (including phenoxy) is 2. The highest BCUT2D eigenvalue weighted by Crippen LogP contribution is 2.34. The van der Waals surface area contributed by atoms with Crippen molar-refractivity contribution in [2.75, 3.05) is 25.4 Å². The second-order valence-corrected chi connectivity index (χ2v) is 10.1. The molecule has 1 aliphatic carbocycles. The Morgan fingerprint density at radius 3 is 2.03 bits per heavy atom. The van der Waals surface area contributed by atoms with E-state index in [2.05, 4.69) is 34.1 Å². The number of thioether (sulfide) groups is 1. The first kappa shape index (κ1) is 25.1. The topological polar surface area (TPSA) is 69.5 Å². The predicted octanol–water partition coefficient (Wildman–Crippen LogP) is 5.85. The van der Waals surface area contributed by atoms with Gasteiger partial charge in [-0.05, 0) is 54.5 Å². The summed E-state index contributed by atoms with van der Waals surface area (Å²) in [4.78, 5) is 25.3. The Morgan fingerprint density at radius 1 is 0.946 bits per heavy atom. The Kier molecular flexibility index (Phi) is 7.65. The zero-order valence-electron chi connectivity index (χ0n) is 21.5. The van der Waals surface area contributed by atoms with E-state index in [9.17, 15) is 4.79 Å². The molecule has 0 aliphatic heterocycles. The summed E-state index contributed by atoms with van der Waals surface area (Å²) in [6, 6.07) is 18.1. The molecule has 0 N–H and O–H groups in total. The Labute approximate surface area is 221 Å². The molecule has 2 aromatic heterocycles. The molecule has 0 radical (unpaired) electrons. The molecule has 0 bridgehead atoms. The fraction of sp³-hybridized carbons (Fsp3) is 0.345. The largest absolute Gasteiger partial charge is 0.497 e. The van der Waals surface area contributed by atoms with Crippen LogP contribution in [0.25, 0.3) is 11.0 Å². The smallest absolute Gasteiger partial charge is 0.254 e. The van der Waals surface area contributed by atoms with Crippen molar-refractivity contribution in [2.24, 2.45) is 0 Å². The number of fused-ring (bicyclic) bond motifs is 1. The second-order valence-electron chi connectivity index (χ2n) is 9.32. The minimum absolute atomic E-state index is 0.00499. The third-order valence-electron chi connectivity index (χ3n) is 7.03. The highest BCUT2D eigenvalue weighted by Gasteiger charge is 2.24. The Balaban J connectivity index is 1.63. The summed E-state index contributed by atoms with van der Waals surface area (Å²) in [7, 11) is 3.33. The number of hydrogen-bond donors (Lipinski definition) is 0. The van der Waals surface area contributed by atoms with Crippen LogP contribution in [0.2, 0.25) is 0 Å². The van der Waals surface area contributed by atoms with Crippen molar-refractivity contribution in [1.29, 1.82) is 0 Å². The number of rotatable bonds is 9. The maximum Gasteiger partial charge on any atom is 0.254 e. The van der Waals surface area contributed by atoms with Crippen molar-refractivity contribution in [3.05, 3.63) is 82.3 Å². The molecule has 1 aliphatic rings. The van der Waals surface area contributed by atoms with Crippen LogP contribution < -0.4 is 19.9 Å². The Bertz CT molecular complexity index is 1370. The van der Waals surface area contributed by atoms with Gasteiger partial charge in [0.15, 0.2) is 5.16 Å². The Hall–Kier alpha value is -3.52. The maximum absolute atomic E-state index is 13.7. The SMILES string of the molecule is COc1ccc(CN(Cc2ccc(OC)cc2)c2cc(=O)n(C3CCCC3)c3nc(SC)ncc23)cc1. The van der Waals surface area contributed by atoms with E-state index in [1.54, 1.807) is 20.3 Å². The normalized spacial score (nSPS) is 13.7. The van der Waals surface area contributed by atoms with E-state index in [0.29, 0.717) is 18.2 Å². The van der Waals surface area contributed by atoms with Gasteiger partial charge in [0, 0.05) is 31.4 Å². The van der Waals surface area contributed by atoms with Crippen LogP contribution >= 0.6 is 11.8 Å². The number of pyridine rings is 1. The van der Waals surface area contributed by atoms with E-state index in [0.717, 1.165) is 65.0 Å². The summed E-state index contributed by atoms with van der Waals surface area (Å²) < 4.78 is 12.6. The second kappa shape index (κ2) is 11.3. The molecular formula is C29H32N4O3S. The summed E-state index contributed by atoms with van der Waals surface area (Å²) in [6.45, 7) is 1.23. The Morgan fingerprint density at radius 2 is 1.51 bits per heavy atom. The molecule has 1 saturated carbocycles. The molecule has 7 nitrogen and oxygen atoms in total. The van der Waals surface area contributed by atoms with Gasteiger partial charge in [-0.25, -0.2) is 9.97 Å². The van der Waals surface area contributed by atoms with Crippen LogP contribution in [-0.4, -0.2) is 35.0 Å². The van der Waals surface area contributed by atoms with Crippen LogP contribution in [0.15, 0.2) is 70.7 Å². The van der Waals surface area contributed by atoms with Crippen LogP contribution in [0, 0.1) is 0 Å². The van der Waals surface area contributed by atoms with Gasteiger partial charge in [-0.15, -0.1) is 0 Å². The fourth-order valence-electron chi connectivity index (χ4n) is 5.09. The first-order valence-electron chi connectivity index (χ1n) is 12.6. The quantitative estimate of drug-likeness (QED) is 0.204. The monoisotopic (exact) mass is 516 g/mol. The number of benzene rings is 2. The van der Waals surface area contributed by atoms with E-state index < -0.39 is 0 Å². The molecular weight excluding hydrogens is 484 g/mol. The summed E-state index contributed by atoms with van der Waals surface area (Å²) in [5, 5.41) is 1.57. The van der Waals surface area contributed by atoms with E-state index in [-0.39, 0.29) is 11.6 Å². The number of methoxy groups -OCH3 is 2. The molecule has 0 spiro atoms. The summed E-state index contributed by atoms with van der Waals surface area (Å²) in [5.74, 6) is 1.63. The van der Waals surface area contributed by atoms with Gasteiger partial charge in [0.05, 0.1) is 25.3 Å². The molecule has 2 aromatic carbocycles. The number of aromatic nitrogens is 3. The van der Waals surface area contributed by atoms with Gasteiger partial charge in [0.2, 0.25) is 0 Å². The zero-order valence-corrected chi connectivity index (χ0v) is 22.3.